The molecule has 0 atom stereocenters. The normalized spacial score (nSPS) is 16.9. The standard InChI is InChI=1S/C13H15N3O3/c1-8-14-11-6-12(17)16(7-10(11)13(18)15-8)9-2-4-19-5-3-9/h6-7,9H,2-5H2,1H3,(H,14,15,18). The van der Waals surface area contributed by atoms with Gasteiger partial charge >= 0.3 is 0 Å². The van der Waals surface area contributed by atoms with Gasteiger partial charge in [-0.05, 0) is 19.8 Å². The van der Waals surface area contributed by atoms with Gasteiger partial charge < -0.3 is 14.4 Å². The summed E-state index contributed by atoms with van der Waals surface area (Å²) in [6.07, 6.45) is 3.26. The molecule has 1 N–H and O–H groups in total. The molecule has 6 heteroatoms. The Labute approximate surface area is 109 Å². The molecule has 0 saturated carbocycles. The van der Waals surface area contributed by atoms with Crippen LogP contribution in [-0.4, -0.2) is 32.9 Å². The first-order valence-electron chi connectivity index (χ1n) is 6.32. The summed E-state index contributed by atoms with van der Waals surface area (Å²) in [6.45, 7) is 3.00. The third-order valence-electron chi connectivity index (χ3n) is 3.43. The summed E-state index contributed by atoms with van der Waals surface area (Å²) in [7, 11) is 0. The minimum atomic E-state index is -0.100. The highest BCUT2D eigenvalue weighted by Gasteiger charge is 2.18. The Bertz CT molecular complexity index is 675. The fourth-order valence-electron chi connectivity index (χ4n) is 2.46. The van der Waals surface area contributed by atoms with Gasteiger partial charge in [0, 0.05) is 31.5 Å². The lowest BCUT2D eigenvalue weighted by Crippen LogP contribution is -2.28. The zero-order valence-electron chi connectivity index (χ0n) is 10.7. The van der Waals surface area contributed by atoms with Crippen LogP contribution in [0, 0.1) is 6.92 Å². The molecule has 1 saturated heterocycles. The van der Waals surface area contributed by atoms with Crippen molar-refractivity contribution >= 4 is 10.9 Å². The minimum Gasteiger partial charge on any atom is -0.493 e. The van der Waals surface area contributed by atoms with Gasteiger partial charge in [0.25, 0.3) is 5.56 Å². The molecule has 3 heterocycles. The molecule has 1 fully saturated rings. The number of fused-ring (bicyclic) bond motifs is 1. The summed E-state index contributed by atoms with van der Waals surface area (Å²) in [6, 6.07) is 1.57. The van der Waals surface area contributed by atoms with Gasteiger partial charge in [0.1, 0.15) is 5.82 Å². The molecular weight excluding hydrogens is 246 g/mol. The molecule has 2 aromatic heterocycles. The number of nitrogens with zero attached hydrogens (tertiary/aromatic N) is 3. The summed E-state index contributed by atoms with van der Waals surface area (Å²) >= 11 is 0. The number of ether oxygens (including phenoxy) is 1. The monoisotopic (exact) mass is 261 g/mol. The first-order valence-corrected chi connectivity index (χ1v) is 6.32. The molecule has 100 valence electrons. The third kappa shape index (κ3) is 2.19. The van der Waals surface area contributed by atoms with Crippen LogP contribution in [-0.2, 0) is 4.74 Å². The molecule has 1 aliphatic heterocycles. The van der Waals surface area contributed by atoms with Gasteiger partial charge in [-0.3, -0.25) is 4.79 Å². The number of pyridine rings is 1. The van der Waals surface area contributed by atoms with Crippen molar-refractivity contribution in [2.24, 2.45) is 0 Å². The van der Waals surface area contributed by atoms with E-state index >= 15 is 0 Å². The largest absolute Gasteiger partial charge is 0.493 e. The average molecular weight is 261 g/mol. The molecule has 0 radical (unpaired) electrons. The lowest BCUT2D eigenvalue weighted by molar-refractivity contribution is 0.0687. The SMILES string of the molecule is Cc1nc(O)c2cn(C3CCOCC3)c(=O)cc2n1. The molecule has 0 aromatic carbocycles. The maximum absolute atomic E-state index is 12.1. The molecule has 1 aliphatic rings. The van der Waals surface area contributed by atoms with E-state index in [1.54, 1.807) is 17.7 Å². The zero-order chi connectivity index (χ0) is 13.4. The molecule has 0 spiro atoms. The Morgan fingerprint density at radius 3 is 2.84 bits per heavy atom. The van der Waals surface area contributed by atoms with E-state index in [0.717, 1.165) is 12.8 Å². The topological polar surface area (TPSA) is 77.2 Å². The van der Waals surface area contributed by atoms with Crippen LogP contribution < -0.4 is 5.56 Å². The van der Waals surface area contributed by atoms with Crippen LogP contribution >= 0.6 is 0 Å². The molecule has 0 amide bonds. The Morgan fingerprint density at radius 1 is 1.37 bits per heavy atom. The van der Waals surface area contributed by atoms with E-state index in [2.05, 4.69) is 9.97 Å². The van der Waals surface area contributed by atoms with Crippen molar-refractivity contribution in [1.82, 2.24) is 14.5 Å². The van der Waals surface area contributed by atoms with Crippen LogP contribution in [0.4, 0.5) is 0 Å². The van der Waals surface area contributed by atoms with Gasteiger partial charge in [-0.15, -0.1) is 0 Å². The third-order valence-corrected chi connectivity index (χ3v) is 3.43. The quantitative estimate of drug-likeness (QED) is 0.833. The van der Waals surface area contributed by atoms with Gasteiger partial charge in [0.2, 0.25) is 5.88 Å². The molecule has 3 rings (SSSR count). The minimum absolute atomic E-state index is 0.0803. The number of aryl methyl sites for hydroxylation is 1. The lowest BCUT2D eigenvalue weighted by atomic mass is 10.1. The van der Waals surface area contributed by atoms with E-state index in [0.29, 0.717) is 29.9 Å². The zero-order valence-corrected chi connectivity index (χ0v) is 10.7. The van der Waals surface area contributed by atoms with Crippen LogP contribution in [0.3, 0.4) is 0 Å². The van der Waals surface area contributed by atoms with E-state index in [1.807, 2.05) is 0 Å². The molecule has 0 aliphatic carbocycles. The summed E-state index contributed by atoms with van der Waals surface area (Å²) in [5.41, 5.74) is 0.384. The van der Waals surface area contributed by atoms with Gasteiger partial charge in [-0.25, -0.2) is 4.98 Å². The highest BCUT2D eigenvalue weighted by atomic mass is 16.5. The smallest absolute Gasteiger partial charge is 0.252 e. The van der Waals surface area contributed by atoms with E-state index in [-0.39, 0.29) is 17.5 Å². The summed E-state index contributed by atoms with van der Waals surface area (Å²) < 4.78 is 6.95. The van der Waals surface area contributed by atoms with Gasteiger partial charge in [0.15, 0.2) is 0 Å². The van der Waals surface area contributed by atoms with Gasteiger partial charge in [0.05, 0.1) is 10.9 Å². The van der Waals surface area contributed by atoms with E-state index in [4.69, 9.17) is 4.74 Å². The van der Waals surface area contributed by atoms with Crippen molar-refractivity contribution in [3.8, 4) is 5.88 Å². The maximum atomic E-state index is 12.1. The second-order valence-electron chi connectivity index (χ2n) is 4.76. The highest BCUT2D eigenvalue weighted by molar-refractivity contribution is 5.82. The van der Waals surface area contributed by atoms with E-state index in [9.17, 15) is 9.90 Å². The highest BCUT2D eigenvalue weighted by Crippen LogP contribution is 2.24. The predicted molar refractivity (Wildman–Crippen MR) is 69.3 cm³/mol. The van der Waals surface area contributed by atoms with Crippen molar-refractivity contribution in [2.45, 2.75) is 25.8 Å². The molecule has 0 bridgehead atoms. The predicted octanol–water partition coefficient (Wildman–Crippen LogP) is 1.16. The number of rotatable bonds is 1. The maximum Gasteiger partial charge on any atom is 0.252 e. The summed E-state index contributed by atoms with van der Waals surface area (Å²) in [5, 5.41) is 10.4. The van der Waals surface area contributed by atoms with Crippen LogP contribution in [0.5, 0.6) is 5.88 Å². The van der Waals surface area contributed by atoms with Crippen LogP contribution in [0.25, 0.3) is 10.9 Å². The second kappa shape index (κ2) is 4.62. The van der Waals surface area contributed by atoms with E-state index < -0.39 is 0 Å². The second-order valence-corrected chi connectivity index (χ2v) is 4.76. The Balaban J connectivity index is 2.15. The van der Waals surface area contributed by atoms with Crippen LogP contribution in [0.2, 0.25) is 0 Å². The fraction of sp³-hybridized carbons (Fsp3) is 0.462. The van der Waals surface area contributed by atoms with Crippen LogP contribution in [0.1, 0.15) is 24.7 Å². The Kier molecular flexibility index (Phi) is 2.94. The average Bonchev–Trinajstić information content (AvgIpc) is 2.38. The number of aromatic nitrogens is 3. The fourth-order valence-corrected chi connectivity index (χ4v) is 2.46. The van der Waals surface area contributed by atoms with Crippen molar-refractivity contribution in [3.63, 3.8) is 0 Å². The molecular formula is C13H15N3O3. The first-order chi connectivity index (χ1) is 9.15. The van der Waals surface area contributed by atoms with E-state index in [1.165, 1.54) is 6.07 Å². The Hall–Kier alpha value is -1.95. The number of aromatic hydroxyl groups is 1. The van der Waals surface area contributed by atoms with Crippen molar-refractivity contribution in [2.75, 3.05) is 13.2 Å². The molecule has 6 nitrogen and oxygen atoms in total. The first kappa shape index (κ1) is 12.1. The number of hydrogen-bond acceptors (Lipinski definition) is 5. The number of hydrogen-bond donors (Lipinski definition) is 1. The van der Waals surface area contributed by atoms with Crippen LogP contribution in [0.15, 0.2) is 17.1 Å². The van der Waals surface area contributed by atoms with Crippen molar-refractivity contribution in [3.05, 3.63) is 28.4 Å². The Morgan fingerprint density at radius 2 is 2.11 bits per heavy atom. The lowest BCUT2D eigenvalue weighted by Gasteiger charge is -2.24. The molecule has 19 heavy (non-hydrogen) atoms. The van der Waals surface area contributed by atoms with Gasteiger partial charge in [-0.2, -0.15) is 4.98 Å². The van der Waals surface area contributed by atoms with Gasteiger partial charge in [-0.1, -0.05) is 0 Å². The van der Waals surface area contributed by atoms with Crippen molar-refractivity contribution < 1.29 is 9.84 Å². The summed E-state index contributed by atoms with van der Waals surface area (Å²) in [5.74, 6) is 0.372. The summed E-state index contributed by atoms with van der Waals surface area (Å²) in [4.78, 5) is 20.2. The molecule has 0 unspecified atom stereocenters. The molecule has 2 aromatic rings. The van der Waals surface area contributed by atoms with Crippen molar-refractivity contribution in [1.29, 1.82) is 0 Å².